The van der Waals surface area contributed by atoms with Gasteiger partial charge in [-0.1, -0.05) is 37.8 Å². The first kappa shape index (κ1) is 24.3. The average molecular weight is 431 g/mol. The summed E-state index contributed by atoms with van der Waals surface area (Å²) in [6.45, 7) is 9.75. The minimum absolute atomic E-state index is 0.0213. The molecule has 1 aliphatic carbocycles. The van der Waals surface area contributed by atoms with Crippen LogP contribution in [0.2, 0.25) is 0 Å². The standard InChI is InChI=1S/C25H34O4S/c1-7-8-9-10-11-19-14-21(30-15-19)20(26)12-13-25(5)18(4)16(2)22(24(27)28)17(3)23(25)29-6/h12-15,23H,7-11H2,1-6H3,(H,27,28). The van der Waals surface area contributed by atoms with Gasteiger partial charge in [-0.2, -0.15) is 0 Å². The Balaban J connectivity index is 2.23. The van der Waals surface area contributed by atoms with Crippen molar-refractivity contribution >= 4 is 23.1 Å². The Kier molecular flexibility index (Phi) is 8.39. The van der Waals surface area contributed by atoms with Gasteiger partial charge in [0.15, 0.2) is 5.78 Å². The Bertz CT molecular complexity index is 887. The van der Waals surface area contributed by atoms with Crippen molar-refractivity contribution in [2.45, 2.75) is 72.8 Å². The number of carboxylic acids is 1. The molecule has 2 atom stereocenters. The summed E-state index contributed by atoms with van der Waals surface area (Å²) in [5, 5.41) is 11.7. The number of hydrogen-bond donors (Lipinski definition) is 1. The first-order valence-electron chi connectivity index (χ1n) is 10.6. The number of methoxy groups -OCH3 is 1. The molecule has 0 saturated carbocycles. The molecule has 5 heteroatoms. The van der Waals surface area contributed by atoms with E-state index in [1.807, 2.05) is 32.9 Å². The molecule has 0 saturated heterocycles. The van der Waals surface area contributed by atoms with E-state index in [0.717, 1.165) is 28.9 Å². The van der Waals surface area contributed by atoms with Crippen LogP contribution in [-0.4, -0.2) is 30.1 Å². The van der Waals surface area contributed by atoms with Gasteiger partial charge < -0.3 is 9.84 Å². The van der Waals surface area contributed by atoms with Crippen LogP contribution in [0, 0.1) is 5.41 Å². The topological polar surface area (TPSA) is 63.6 Å². The number of unbranched alkanes of at least 4 members (excludes halogenated alkanes) is 3. The maximum absolute atomic E-state index is 12.8. The summed E-state index contributed by atoms with van der Waals surface area (Å²) in [5.74, 6) is -0.967. The van der Waals surface area contributed by atoms with Crippen LogP contribution in [0.4, 0.5) is 0 Å². The van der Waals surface area contributed by atoms with Gasteiger partial charge in [0.1, 0.15) is 0 Å². The average Bonchev–Trinajstić information content (AvgIpc) is 3.17. The van der Waals surface area contributed by atoms with E-state index >= 15 is 0 Å². The van der Waals surface area contributed by atoms with Crippen molar-refractivity contribution < 1.29 is 19.4 Å². The molecule has 0 aliphatic heterocycles. The predicted octanol–water partition coefficient (Wildman–Crippen LogP) is 6.38. The van der Waals surface area contributed by atoms with E-state index in [4.69, 9.17) is 4.74 Å². The number of aliphatic carboxylic acids is 1. The molecule has 1 aliphatic rings. The molecule has 0 amide bonds. The van der Waals surface area contributed by atoms with Crippen molar-refractivity contribution in [1.82, 2.24) is 0 Å². The van der Waals surface area contributed by atoms with Crippen LogP contribution in [0.15, 0.2) is 45.9 Å². The number of thiophene rings is 1. The molecule has 164 valence electrons. The number of carbonyl (C=O) groups is 2. The van der Waals surface area contributed by atoms with Gasteiger partial charge >= 0.3 is 5.97 Å². The van der Waals surface area contributed by atoms with E-state index in [-0.39, 0.29) is 5.78 Å². The van der Waals surface area contributed by atoms with Crippen LogP contribution in [0.25, 0.3) is 0 Å². The van der Waals surface area contributed by atoms with Gasteiger partial charge in [0.25, 0.3) is 0 Å². The van der Waals surface area contributed by atoms with E-state index in [0.29, 0.717) is 11.1 Å². The number of aryl methyl sites for hydroxylation is 1. The number of carboxylic acid groups (broad SMARTS) is 1. The molecule has 0 spiro atoms. The molecular formula is C25H34O4S. The zero-order chi connectivity index (χ0) is 22.5. The lowest BCUT2D eigenvalue weighted by molar-refractivity contribution is -0.132. The maximum atomic E-state index is 12.8. The Morgan fingerprint density at radius 1 is 1.23 bits per heavy atom. The van der Waals surface area contributed by atoms with Crippen molar-refractivity contribution in [3.05, 3.63) is 56.3 Å². The third-order valence-corrected chi connectivity index (χ3v) is 7.32. The maximum Gasteiger partial charge on any atom is 0.335 e. The number of carbonyl (C=O) groups excluding carboxylic acids is 1. The highest BCUT2D eigenvalue weighted by atomic mass is 32.1. The normalized spacial score (nSPS) is 22.3. The van der Waals surface area contributed by atoms with Gasteiger partial charge in [0.05, 0.1) is 16.6 Å². The molecule has 2 rings (SSSR count). The molecule has 0 aromatic carbocycles. The van der Waals surface area contributed by atoms with Crippen LogP contribution < -0.4 is 0 Å². The molecule has 30 heavy (non-hydrogen) atoms. The van der Waals surface area contributed by atoms with Crippen LogP contribution in [0.3, 0.4) is 0 Å². The summed E-state index contributed by atoms with van der Waals surface area (Å²) < 4.78 is 5.71. The van der Waals surface area contributed by atoms with E-state index in [1.165, 1.54) is 36.2 Å². The second-order valence-electron chi connectivity index (χ2n) is 8.34. The number of ketones is 1. The molecule has 0 radical (unpaired) electrons. The number of ether oxygens (including phenoxy) is 1. The van der Waals surface area contributed by atoms with Crippen LogP contribution in [-0.2, 0) is 16.0 Å². The molecular weight excluding hydrogens is 396 g/mol. The summed E-state index contributed by atoms with van der Waals surface area (Å²) in [7, 11) is 1.58. The van der Waals surface area contributed by atoms with Crippen LogP contribution in [0.5, 0.6) is 0 Å². The number of hydrogen-bond acceptors (Lipinski definition) is 4. The van der Waals surface area contributed by atoms with Gasteiger partial charge in [-0.3, -0.25) is 4.79 Å². The predicted molar refractivity (Wildman–Crippen MR) is 123 cm³/mol. The molecule has 0 fully saturated rings. The quantitative estimate of drug-likeness (QED) is 0.266. The molecule has 4 nitrogen and oxygen atoms in total. The molecule has 0 bridgehead atoms. The van der Waals surface area contributed by atoms with Crippen molar-refractivity contribution in [3.8, 4) is 0 Å². The lowest BCUT2D eigenvalue weighted by Gasteiger charge is -2.41. The van der Waals surface area contributed by atoms with E-state index in [1.54, 1.807) is 20.1 Å². The smallest absolute Gasteiger partial charge is 0.335 e. The minimum Gasteiger partial charge on any atom is -0.478 e. The molecule has 2 unspecified atom stereocenters. The van der Waals surface area contributed by atoms with E-state index in [2.05, 4.69) is 12.3 Å². The van der Waals surface area contributed by atoms with Crippen molar-refractivity contribution in [2.24, 2.45) is 5.41 Å². The third kappa shape index (κ3) is 5.01. The number of allylic oxidation sites excluding steroid dienone is 1. The Morgan fingerprint density at radius 2 is 1.93 bits per heavy atom. The lowest BCUT2D eigenvalue weighted by atomic mass is 9.67. The molecule has 1 N–H and O–H groups in total. The van der Waals surface area contributed by atoms with Crippen molar-refractivity contribution in [3.63, 3.8) is 0 Å². The fraction of sp³-hybridized carbons (Fsp3) is 0.520. The highest BCUT2D eigenvalue weighted by Gasteiger charge is 2.42. The molecule has 1 aromatic heterocycles. The Morgan fingerprint density at radius 3 is 2.53 bits per heavy atom. The summed E-state index contributed by atoms with van der Waals surface area (Å²) in [4.78, 5) is 25.3. The first-order chi connectivity index (χ1) is 14.2. The van der Waals surface area contributed by atoms with E-state index in [9.17, 15) is 14.7 Å². The second kappa shape index (κ2) is 10.4. The largest absolute Gasteiger partial charge is 0.478 e. The van der Waals surface area contributed by atoms with Crippen LogP contribution >= 0.6 is 11.3 Å². The van der Waals surface area contributed by atoms with Crippen molar-refractivity contribution in [1.29, 1.82) is 0 Å². The van der Waals surface area contributed by atoms with Gasteiger partial charge in [-0.25, -0.2) is 4.79 Å². The lowest BCUT2D eigenvalue weighted by Crippen LogP contribution is -2.39. The summed E-state index contributed by atoms with van der Waals surface area (Å²) in [6.07, 6.45) is 8.93. The van der Waals surface area contributed by atoms with Gasteiger partial charge in [-0.05, 0) is 74.8 Å². The fourth-order valence-corrected chi connectivity index (χ4v) is 5.22. The zero-order valence-corrected chi connectivity index (χ0v) is 19.8. The monoisotopic (exact) mass is 430 g/mol. The highest BCUT2D eigenvalue weighted by molar-refractivity contribution is 7.12. The van der Waals surface area contributed by atoms with Crippen LogP contribution in [0.1, 0.15) is 75.5 Å². The number of rotatable bonds is 10. The fourth-order valence-electron chi connectivity index (χ4n) is 4.35. The summed E-state index contributed by atoms with van der Waals surface area (Å²) in [5.41, 5.74) is 3.27. The van der Waals surface area contributed by atoms with Crippen molar-refractivity contribution in [2.75, 3.05) is 7.11 Å². The first-order valence-corrected chi connectivity index (χ1v) is 11.5. The second-order valence-corrected chi connectivity index (χ2v) is 9.25. The van der Waals surface area contributed by atoms with Gasteiger partial charge in [0.2, 0.25) is 0 Å². The minimum atomic E-state index is -0.946. The zero-order valence-electron chi connectivity index (χ0n) is 19.0. The van der Waals surface area contributed by atoms with E-state index < -0.39 is 17.5 Å². The van der Waals surface area contributed by atoms with Gasteiger partial charge in [-0.15, -0.1) is 11.3 Å². The summed E-state index contributed by atoms with van der Waals surface area (Å²) >= 11 is 1.49. The Labute approximate surface area is 184 Å². The van der Waals surface area contributed by atoms with Gasteiger partial charge in [0, 0.05) is 12.5 Å². The molecule has 1 aromatic rings. The molecule has 1 heterocycles. The Hall–Kier alpha value is -1.98. The summed E-state index contributed by atoms with van der Waals surface area (Å²) in [6, 6.07) is 2.00. The highest BCUT2D eigenvalue weighted by Crippen LogP contribution is 2.45. The SMILES string of the molecule is CCCCCCc1csc(C(=O)C=CC2(C)C(C)=C(C)C(C(=O)O)=C(C)C2OC)c1. The third-order valence-electron chi connectivity index (χ3n) is 6.32.